The fourth-order valence-electron chi connectivity index (χ4n) is 2.26. The minimum Gasteiger partial charge on any atom is -0.476 e. The SMILES string of the molecule is CN1CCN(c2cccnc2C(=O)O)CC1(C)C. The van der Waals surface area contributed by atoms with E-state index in [1.54, 1.807) is 6.07 Å². The van der Waals surface area contributed by atoms with Crippen LogP contribution in [0.25, 0.3) is 0 Å². The molecule has 0 amide bonds. The molecule has 0 unspecified atom stereocenters. The van der Waals surface area contributed by atoms with Crippen LogP contribution in [0.2, 0.25) is 0 Å². The fraction of sp³-hybridized carbons (Fsp3) is 0.538. The maximum absolute atomic E-state index is 11.2. The van der Waals surface area contributed by atoms with Crippen molar-refractivity contribution < 1.29 is 9.90 Å². The van der Waals surface area contributed by atoms with Crippen LogP contribution in [0.4, 0.5) is 5.69 Å². The lowest BCUT2D eigenvalue weighted by Crippen LogP contribution is -2.58. The lowest BCUT2D eigenvalue weighted by Gasteiger charge is -2.46. The van der Waals surface area contributed by atoms with Crippen LogP contribution in [0.5, 0.6) is 0 Å². The van der Waals surface area contributed by atoms with E-state index in [4.69, 9.17) is 0 Å². The predicted octanol–water partition coefficient (Wildman–Crippen LogP) is 1.31. The summed E-state index contributed by atoms with van der Waals surface area (Å²) in [4.78, 5) is 19.6. The molecule has 18 heavy (non-hydrogen) atoms. The standard InChI is InChI=1S/C13H19N3O2/c1-13(2)9-16(8-7-15(13)3)10-5-4-6-14-11(10)12(17)18/h4-6H,7-9H2,1-3H3,(H,17,18). The normalized spacial score (nSPS) is 19.8. The first-order valence-corrected chi connectivity index (χ1v) is 6.06. The molecule has 5 nitrogen and oxygen atoms in total. The third kappa shape index (κ3) is 2.31. The summed E-state index contributed by atoms with van der Waals surface area (Å²) in [7, 11) is 2.10. The molecular formula is C13H19N3O2. The number of likely N-dealkylation sites (N-methyl/N-ethyl adjacent to an activating group) is 1. The van der Waals surface area contributed by atoms with Crippen molar-refractivity contribution in [3.8, 4) is 0 Å². The third-order valence-electron chi connectivity index (χ3n) is 3.65. The van der Waals surface area contributed by atoms with E-state index in [0.29, 0.717) is 5.69 Å². The predicted molar refractivity (Wildman–Crippen MR) is 70.1 cm³/mol. The Morgan fingerprint density at radius 3 is 2.78 bits per heavy atom. The summed E-state index contributed by atoms with van der Waals surface area (Å²) in [5.41, 5.74) is 0.883. The van der Waals surface area contributed by atoms with E-state index in [2.05, 4.69) is 35.7 Å². The maximum atomic E-state index is 11.2. The monoisotopic (exact) mass is 249 g/mol. The van der Waals surface area contributed by atoms with Crippen LogP contribution in [-0.2, 0) is 0 Å². The third-order valence-corrected chi connectivity index (χ3v) is 3.65. The number of hydrogen-bond acceptors (Lipinski definition) is 4. The summed E-state index contributed by atoms with van der Waals surface area (Å²) >= 11 is 0. The van der Waals surface area contributed by atoms with E-state index in [9.17, 15) is 9.90 Å². The van der Waals surface area contributed by atoms with Crippen molar-refractivity contribution >= 4 is 11.7 Å². The van der Waals surface area contributed by atoms with Crippen molar-refractivity contribution in [2.45, 2.75) is 19.4 Å². The number of aromatic nitrogens is 1. The summed E-state index contributed by atoms with van der Waals surface area (Å²) in [6.07, 6.45) is 1.52. The van der Waals surface area contributed by atoms with Gasteiger partial charge in [0, 0.05) is 31.4 Å². The zero-order valence-corrected chi connectivity index (χ0v) is 11.1. The van der Waals surface area contributed by atoms with Crippen molar-refractivity contribution in [3.05, 3.63) is 24.0 Å². The maximum Gasteiger partial charge on any atom is 0.356 e. The minimum atomic E-state index is -0.970. The van der Waals surface area contributed by atoms with Crippen LogP contribution in [0, 0.1) is 0 Å². The number of hydrogen-bond donors (Lipinski definition) is 1. The average molecular weight is 249 g/mol. The molecule has 0 spiro atoms. The van der Waals surface area contributed by atoms with Crippen molar-refractivity contribution in [1.29, 1.82) is 0 Å². The van der Waals surface area contributed by atoms with Crippen LogP contribution in [0.15, 0.2) is 18.3 Å². The molecule has 1 N–H and O–H groups in total. The molecule has 1 aliphatic heterocycles. The zero-order chi connectivity index (χ0) is 13.3. The molecule has 5 heteroatoms. The first-order chi connectivity index (χ1) is 8.42. The van der Waals surface area contributed by atoms with Gasteiger partial charge in [-0.1, -0.05) is 0 Å². The molecule has 1 aliphatic rings. The van der Waals surface area contributed by atoms with Gasteiger partial charge in [0.25, 0.3) is 0 Å². The second-order valence-electron chi connectivity index (χ2n) is 5.33. The Kier molecular flexibility index (Phi) is 3.26. The molecule has 0 bridgehead atoms. The summed E-state index contributed by atoms with van der Waals surface area (Å²) in [5, 5.41) is 9.18. The molecular weight excluding hydrogens is 230 g/mol. The van der Waals surface area contributed by atoms with Gasteiger partial charge in [-0.3, -0.25) is 4.90 Å². The Morgan fingerprint density at radius 2 is 2.17 bits per heavy atom. The lowest BCUT2D eigenvalue weighted by molar-refractivity contribution is 0.0690. The number of piperazine rings is 1. The zero-order valence-electron chi connectivity index (χ0n) is 11.1. The Hall–Kier alpha value is -1.62. The van der Waals surface area contributed by atoms with E-state index in [-0.39, 0.29) is 11.2 Å². The number of carboxylic acid groups (broad SMARTS) is 1. The summed E-state index contributed by atoms with van der Waals surface area (Å²) in [6, 6.07) is 3.62. The van der Waals surface area contributed by atoms with Gasteiger partial charge in [0.2, 0.25) is 0 Å². The highest BCUT2D eigenvalue weighted by molar-refractivity contribution is 5.92. The Balaban J connectivity index is 2.30. The number of carboxylic acids is 1. The quantitative estimate of drug-likeness (QED) is 0.856. The van der Waals surface area contributed by atoms with Gasteiger partial charge >= 0.3 is 5.97 Å². The molecule has 1 saturated heterocycles. The first-order valence-electron chi connectivity index (χ1n) is 6.06. The molecule has 0 aromatic carbocycles. The molecule has 2 rings (SSSR count). The second-order valence-corrected chi connectivity index (χ2v) is 5.33. The topological polar surface area (TPSA) is 56.7 Å². The minimum absolute atomic E-state index is 0.0316. The van der Waals surface area contributed by atoms with Gasteiger partial charge in [-0.2, -0.15) is 0 Å². The highest BCUT2D eigenvalue weighted by atomic mass is 16.4. The number of carbonyl (C=O) groups is 1. The van der Waals surface area contributed by atoms with Crippen LogP contribution >= 0.6 is 0 Å². The Labute approximate surface area is 107 Å². The molecule has 2 heterocycles. The van der Waals surface area contributed by atoms with Crippen molar-refractivity contribution in [2.24, 2.45) is 0 Å². The number of pyridine rings is 1. The highest BCUT2D eigenvalue weighted by Gasteiger charge is 2.32. The summed E-state index contributed by atoms with van der Waals surface area (Å²) in [6.45, 7) is 6.87. The van der Waals surface area contributed by atoms with Gasteiger partial charge in [-0.05, 0) is 33.0 Å². The van der Waals surface area contributed by atoms with Crippen molar-refractivity contribution in [1.82, 2.24) is 9.88 Å². The molecule has 0 aliphatic carbocycles. The van der Waals surface area contributed by atoms with Gasteiger partial charge < -0.3 is 10.0 Å². The molecule has 0 atom stereocenters. The van der Waals surface area contributed by atoms with Gasteiger partial charge in [0.15, 0.2) is 5.69 Å². The van der Waals surface area contributed by atoms with E-state index in [1.165, 1.54) is 6.20 Å². The molecule has 0 saturated carbocycles. The molecule has 0 radical (unpaired) electrons. The van der Waals surface area contributed by atoms with E-state index in [1.807, 2.05) is 6.07 Å². The number of anilines is 1. The molecule has 98 valence electrons. The van der Waals surface area contributed by atoms with E-state index < -0.39 is 5.97 Å². The van der Waals surface area contributed by atoms with Gasteiger partial charge in [0.05, 0.1) is 5.69 Å². The van der Waals surface area contributed by atoms with Crippen LogP contribution in [0.3, 0.4) is 0 Å². The van der Waals surface area contributed by atoms with Crippen LogP contribution < -0.4 is 4.90 Å². The Bertz CT molecular complexity index is 459. The largest absolute Gasteiger partial charge is 0.476 e. The fourth-order valence-corrected chi connectivity index (χ4v) is 2.26. The van der Waals surface area contributed by atoms with Crippen molar-refractivity contribution in [2.75, 3.05) is 31.6 Å². The average Bonchev–Trinajstić information content (AvgIpc) is 2.32. The van der Waals surface area contributed by atoms with Gasteiger partial charge in [-0.15, -0.1) is 0 Å². The number of aromatic carboxylic acids is 1. The van der Waals surface area contributed by atoms with Crippen LogP contribution in [0.1, 0.15) is 24.3 Å². The molecule has 1 fully saturated rings. The first kappa shape index (κ1) is 12.8. The van der Waals surface area contributed by atoms with Gasteiger partial charge in [0.1, 0.15) is 0 Å². The highest BCUT2D eigenvalue weighted by Crippen LogP contribution is 2.26. The summed E-state index contributed by atoms with van der Waals surface area (Å²) < 4.78 is 0. The van der Waals surface area contributed by atoms with E-state index in [0.717, 1.165) is 19.6 Å². The summed E-state index contributed by atoms with van der Waals surface area (Å²) in [5.74, 6) is -0.970. The van der Waals surface area contributed by atoms with Gasteiger partial charge in [-0.25, -0.2) is 9.78 Å². The smallest absolute Gasteiger partial charge is 0.356 e. The lowest BCUT2D eigenvalue weighted by atomic mass is 9.99. The van der Waals surface area contributed by atoms with E-state index >= 15 is 0 Å². The second kappa shape index (κ2) is 4.57. The van der Waals surface area contributed by atoms with Crippen LogP contribution in [-0.4, -0.2) is 53.2 Å². The van der Waals surface area contributed by atoms with Crippen molar-refractivity contribution in [3.63, 3.8) is 0 Å². The number of nitrogens with zero attached hydrogens (tertiary/aromatic N) is 3. The number of rotatable bonds is 2. The molecule has 1 aromatic heterocycles. The molecule has 1 aromatic rings. The Morgan fingerprint density at radius 1 is 1.44 bits per heavy atom.